The van der Waals surface area contributed by atoms with Crippen molar-refractivity contribution in [3.8, 4) is 22.5 Å². The molecular weight excluding hydrogens is 556 g/mol. The van der Waals surface area contributed by atoms with Crippen molar-refractivity contribution >= 4 is 65.2 Å². The highest BCUT2D eigenvalue weighted by atomic mass is 15.0. The number of aromatic nitrogens is 2. The lowest BCUT2D eigenvalue weighted by molar-refractivity contribution is 1.15. The Balaban J connectivity index is 1.41. The van der Waals surface area contributed by atoms with Gasteiger partial charge < -0.3 is 9.13 Å². The van der Waals surface area contributed by atoms with Crippen LogP contribution < -0.4 is 0 Å². The molecule has 0 atom stereocenters. The lowest BCUT2D eigenvalue weighted by atomic mass is 9.98. The molecule has 0 saturated carbocycles. The van der Waals surface area contributed by atoms with Crippen LogP contribution in [0.2, 0.25) is 0 Å². The number of hydrogen-bond acceptors (Lipinski definition) is 0. The third-order valence-corrected chi connectivity index (χ3v) is 9.64. The minimum Gasteiger partial charge on any atom is -0.307 e. The van der Waals surface area contributed by atoms with Gasteiger partial charge in [-0.05, 0) is 75.1 Å². The van der Waals surface area contributed by atoms with Crippen molar-refractivity contribution in [2.75, 3.05) is 0 Å². The van der Waals surface area contributed by atoms with E-state index in [4.69, 9.17) is 0 Å². The smallest absolute Gasteiger partial charge is 0.0795 e. The molecule has 46 heavy (non-hydrogen) atoms. The van der Waals surface area contributed by atoms with Gasteiger partial charge in [0.25, 0.3) is 0 Å². The molecule has 0 saturated heterocycles. The van der Waals surface area contributed by atoms with Crippen molar-refractivity contribution in [2.24, 2.45) is 0 Å². The van der Waals surface area contributed by atoms with Crippen LogP contribution in [0.25, 0.3) is 87.7 Å². The second-order valence-electron chi connectivity index (χ2n) is 12.1. The standard InChI is InChI=1S/C44H28N2/c1-2-16-33(17-3-1)45-39-23-10-8-21-37(39)41-35-19-6-7-20-36(35)42-38-22-9-11-24-40(38)46(44(42)43(41)45)34-18-12-15-31(28-34)32-26-25-29-13-4-5-14-30(29)27-32/h1-28H. The third-order valence-electron chi connectivity index (χ3n) is 9.64. The van der Waals surface area contributed by atoms with Gasteiger partial charge in [-0.2, -0.15) is 0 Å². The first-order valence-electron chi connectivity index (χ1n) is 15.9. The minimum absolute atomic E-state index is 1.15. The Bertz CT molecular complexity index is 2800. The quantitative estimate of drug-likeness (QED) is 0.195. The summed E-state index contributed by atoms with van der Waals surface area (Å²) < 4.78 is 4.98. The molecule has 2 heterocycles. The molecule has 2 aromatic heterocycles. The molecule has 0 amide bonds. The van der Waals surface area contributed by atoms with Gasteiger partial charge in [-0.1, -0.05) is 127 Å². The Labute approximate surface area is 266 Å². The average Bonchev–Trinajstić information content (AvgIpc) is 3.66. The Kier molecular flexibility index (Phi) is 5.31. The van der Waals surface area contributed by atoms with Crippen LogP contribution in [0, 0.1) is 0 Å². The maximum absolute atomic E-state index is 2.50. The topological polar surface area (TPSA) is 9.86 Å². The summed E-state index contributed by atoms with van der Waals surface area (Å²) in [4.78, 5) is 0. The molecule has 0 aliphatic rings. The van der Waals surface area contributed by atoms with Crippen molar-refractivity contribution in [2.45, 2.75) is 0 Å². The summed E-state index contributed by atoms with van der Waals surface area (Å²) in [6.07, 6.45) is 0. The lowest BCUT2D eigenvalue weighted by Gasteiger charge is -2.15. The number of nitrogens with zero attached hydrogens (tertiary/aromatic N) is 2. The fourth-order valence-corrected chi connectivity index (χ4v) is 7.70. The van der Waals surface area contributed by atoms with Crippen LogP contribution in [0.5, 0.6) is 0 Å². The molecule has 0 radical (unpaired) electrons. The normalized spacial score (nSPS) is 11.9. The zero-order valence-corrected chi connectivity index (χ0v) is 25.1. The fourth-order valence-electron chi connectivity index (χ4n) is 7.70. The van der Waals surface area contributed by atoms with Gasteiger partial charge in [0.2, 0.25) is 0 Å². The molecule has 0 aliphatic heterocycles. The first-order valence-corrected chi connectivity index (χ1v) is 15.9. The number of fused-ring (bicyclic) bond motifs is 11. The monoisotopic (exact) mass is 584 g/mol. The SMILES string of the molecule is c1ccc(-n2c3ccccc3c3c4ccccc4c4c5ccccc5n(-c5cccc(-c6ccc7ccccc7c6)c5)c4c32)cc1. The molecular formula is C44H28N2. The molecule has 10 rings (SSSR count). The van der Waals surface area contributed by atoms with Crippen LogP contribution in [0.1, 0.15) is 0 Å². The molecule has 0 fully saturated rings. The molecule has 0 unspecified atom stereocenters. The van der Waals surface area contributed by atoms with Gasteiger partial charge in [0.15, 0.2) is 0 Å². The molecule has 10 aromatic rings. The highest BCUT2D eigenvalue weighted by molar-refractivity contribution is 6.36. The largest absolute Gasteiger partial charge is 0.307 e. The molecule has 0 aliphatic carbocycles. The maximum Gasteiger partial charge on any atom is 0.0795 e. The lowest BCUT2D eigenvalue weighted by Crippen LogP contribution is -1.99. The highest BCUT2D eigenvalue weighted by Crippen LogP contribution is 2.46. The van der Waals surface area contributed by atoms with Crippen LogP contribution >= 0.6 is 0 Å². The van der Waals surface area contributed by atoms with Crippen LogP contribution in [-0.4, -0.2) is 9.13 Å². The van der Waals surface area contributed by atoms with Crippen LogP contribution in [-0.2, 0) is 0 Å². The zero-order valence-electron chi connectivity index (χ0n) is 25.1. The summed E-state index contributed by atoms with van der Waals surface area (Å²) in [5.41, 5.74) is 9.60. The summed E-state index contributed by atoms with van der Waals surface area (Å²) in [6, 6.07) is 61.9. The first-order chi connectivity index (χ1) is 22.8. The predicted octanol–water partition coefficient (Wildman–Crippen LogP) is 11.9. The summed E-state index contributed by atoms with van der Waals surface area (Å²) >= 11 is 0. The maximum atomic E-state index is 2.50. The summed E-state index contributed by atoms with van der Waals surface area (Å²) in [6.45, 7) is 0. The van der Waals surface area contributed by atoms with E-state index < -0.39 is 0 Å². The van der Waals surface area contributed by atoms with Crippen molar-refractivity contribution in [1.29, 1.82) is 0 Å². The van der Waals surface area contributed by atoms with Gasteiger partial charge in [-0.3, -0.25) is 0 Å². The van der Waals surface area contributed by atoms with E-state index in [0.717, 1.165) is 11.4 Å². The van der Waals surface area contributed by atoms with E-state index in [9.17, 15) is 0 Å². The van der Waals surface area contributed by atoms with E-state index in [1.165, 1.54) is 76.3 Å². The second kappa shape index (κ2) is 9.69. The second-order valence-corrected chi connectivity index (χ2v) is 12.1. The van der Waals surface area contributed by atoms with Crippen LogP contribution in [0.15, 0.2) is 170 Å². The molecule has 8 aromatic carbocycles. The predicted molar refractivity (Wildman–Crippen MR) is 196 cm³/mol. The van der Waals surface area contributed by atoms with E-state index in [-0.39, 0.29) is 0 Å². The van der Waals surface area contributed by atoms with Crippen molar-refractivity contribution in [3.05, 3.63) is 170 Å². The van der Waals surface area contributed by atoms with E-state index >= 15 is 0 Å². The highest BCUT2D eigenvalue weighted by Gasteiger charge is 2.24. The van der Waals surface area contributed by atoms with Crippen LogP contribution in [0.3, 0.4) is 0 Å². The Morgan fingerprint density at radius 3 is 1.48 bits per heavy atom. The third kappa shape index (κ3) is 3.53. The van der Waals surface area contributed by atoms with Gasteiger partial charge in [-0.25, -0.2) is 0 Å². The Hall–Kier alpha value is -6.12. The van der Waals surface area contributed by atoms with Crippen LogP contribution in [0.4, 0.5) is 0 Å². The van der Waals surface area contributed by atoms with Crippen molar-refractivity contribution < 1.29 is 0 Å². The molecule has 0 N–H and O–H groups in total. The zero-order chi connectivity index (χ0) is 30.2. The summed E-state index contributed by atoms with van der Waals surface area (Å²) in [7, 11) is 0. The fraction of sp³-hybridized carbons (Fsp3) is 0. The van der Waals surface area contributed by atoms with E-state index in [1.54, 1.807) is 0 Å². The average molecular weight is 585 g/mol. The molecule has 0 bridgehead atoms. The number of benzene rings is 8. The van der Waals surface area contributed by atoms with Crippen molar-refractivity contribution in [3.63, 3.8) is 0 Å². The Morgan fingerprint density at radius 2 is 0.804 bits per heavy atom. The van der Waals surface area contributed by atoms with Gasteiger partial charge in [0.1, 0.15) is 0 Å². The number of hydrogen-bond donors (Lipinski definition) is 0. The van der Waals surface area contributed by atoms with E-state index in [0.29, 0.717) is 0 Å². The van der Waals surface area contributed by atoms with Gasteiger partial charge >= 0.3 is 0 Å². The first kappa shape index (κ1) is 25.2. The number of para-hydroxylation sites is 3. The van der Waals surface area contributed by atoms with E-state index in [1.807, 2.05) is 0 Å². The Morgan fingerprint density at radius 1 is 0.304 bits per heavy atom. The van der Waals surface area contributed by atoms with Crippen molar-refractivity contribution in [1.82, 2.24) is 9.13 Å². The molecule has 214 valence electrons. The van der Waals surface area contributed by atoms with E-state index in [2.05, 4.69) is 179 Å². The van der Waals surface area contributed by atoms with Gasteiger partial charge in [0.05, 0.1) is 22.1 Å². The molecule has 2 nitrogen and oxygen atoms in total. The summed E-state index contributed by atoms with van der Waals surface area (Å²) in [5.74, 6) is 0. The molecule has 0 spiro atoms. The minimum atomic E-state index is 1.15. The van der Waals surface area contributed by atoms with Gasteiger partial charge in [-0.15, -0.1) is 0 Å². The molecule has 2 heteroatoms. The van der Waals surface area contributed by atoms with Gasteiger partial charge in [0, 0.05) is 32.9 Å². The number of rotatable bonds is 3. The summed E-state index contributed by atoms with van der Waals surface area (Å²) in [5, 5.41) is 10.2.